The summed E-state index contributed by atoms with van der Waals surface area (Å²) in [5.41, 5.74) is 1.95. The molecule has 0 saturated heterocycles. The molecule has 2 aromatic carbocycles. The zero-order chi connectivity index (χ0) is 25.9. The molecular weight excluding hydrogens is 469 g/mol. The summed E-state index contributed by atoms with van der Waals surface area (Å²) < 4.78 is 44.5. The third-order valence-electron chi connectivity index (χ3n) is 6.14. The van der Waals surface area contributed by atoms with Crippen molar-refractivity contribution in [1.29, 1.82) is 0 Å². The predicted molar refractivity (Wildman–Crippen MR) is 131 cm³/mol. The van der Waals surface area contributed by atoms with Gasteiger partial charge in [-0.3, -0.25) is 9.13 Å². The number of imidazole rings is 1. The van der Waals surface area contributed by atoms with E-state index in [0.717, 1.165) is 26.8 Å². The summed E-state index contributed by atoms with van der Waals surface area (Å²) in [4.78, 5) is 13.2. The molecule has 0 unspecified atom stereocenters. The van der Waals surface area contributed by atoms with Crippen LogP contribution >= 0.6 is 0 Å². The van der Waals surface area contributed by atoms with Gasteiger partial charge in [0.05, 0.1) is 12.2 Å². The highest BCUT2D eigenvalue weighted by Gasteiger charge is 2.40. The lowest BCUT2D eigenvalue weighted by Crippen LogP contribution is -2.27. The zero-order valence-corrected chi connectivity index (χ0v) is 20.5. The Morgan fingerprint density at radius 3 is 2.28 bits per heavy atom. The van der Waals surface area contributed by atoms with Gasteiger partial charge in [0, 0.05) is 12.1 Å². The van der Waals surface area contributed by atoms with Crippen LogP contribution in [0.5, 0.6) is 0 Å². The van der Waals surface area contributed by atoms with Crippen molar-refractivity contribution < 1.29 is 13.2 Å². The number of nitrogens with zero attached hydrogens (tertiary/aromatic N) is 5. The lowest BCUT2D eigenvalue weighted by Gasteiger charge is -2.14. The minimum Gasteiger partial charge on any atom is -0.291 e. The molecule has 0 fully saturated rings. The average Bonchev–Trinajstić information content (AvgIpc) is 3.46. The van der Waals surface area contributed by atoms with Crippen LogP contribution in [0, 0.1) is 5.92 Å². The third kappa shape index (κ3) is 5.27. The Labute approximate surface area is 207 Å². The van der Waals surface area contributed by atoms with Crippen LogP contribution in [0.3, 0.4) is 0 Å². The molecular formula is C26H29F3N6O. The molecule has 36 heavy (non-hydrogen) atoms. The fourth-order valence-corrected chi connectivity index (χ4v) is 4.38. The molecule has 1 N–H and O–H groups in total. The number of rotatable bonds is 9. The highest BCUT2D eigenvalue weighted by Crippen LogP contribution is 2.33. The molecule has 0 aliphatic rings. The van der Waals surface area contributed by atoms with Gasteiger partial charge in [0.2, 0.25) is 5.82 Å². The van der Waals surface area contributed by atoms with Gasteiger partial charge >= 0.3 is 11.9 Å². The fraction of sp³-hybridized carbons (Fsp3) is 0.385. The van der Waals surface area contributed by atoms with Gasteiger partial charge in [0.15, 0.2) is 0 Å². The van der Waals surface area contributed by atoms with E-state index in [4.69, 9.17) is 0 Å². The highest BCUT2D eigenvalue weighted by molar-refractivity contribution is 5.80. The van der Waals surface area contributed by atoms with E-state index in [2.05, 4.69) is 20.6 Å². The highest BCUT2D eigenvalue weighted by atomic mass is 19.4. The Balaban J connectivity index is 1.70. The Kier molecular flexibility index (Phi) is 7.42. The monoisotopic (exact) mass is 498 g/mol. The van der Waals surface area contributed by atoms with E-state index < -0.39 is 17.6 Å². The van der Waals surface area contributed by atoms with Gasteiger partial charge in [-0.15, -0.1) is 10.2 Å². The van der Waals surface area contributed by atoms with Crippen LogP contribution in [0.15, 0.2) is 53.3 Å². The molecule has 2 aromatic heterocycles. The largest absolute Gasteiger partial charge is 0.433 e. The van der Waals surface area contributed by atoms with Gasteiger partial charge in [0.1, 0.15) is 5.69 Å². The van der Waals surface area contributed by atoms with Crippen molar-refractivity contribution in [3.63, 3.8) is 0 Å². The van der Waals surface area contributed by atoms with E-state index in [1.165, 1.54) is 4.57 Å². The number of halogens is 3. The van der Waals surface area contributed by atoms with Crippen LogP contribution in [0.25, 0.3) is 22.5 Å². The van der Waals surface area contributed by atoms with E-state index in [1.807, 2.05) is 69.3 Å². The van der Waals surface area contributed by atoms with Crippen molar-refractivity contribution >= 4 is 0 Å². The lowest BCUT2D eigenvalue weighted by molar-refractivity contribution is -0.144. The number of H-pyrrole nitrogens is 1. The molecule has 0 atom stereocenters. The topological polar surface area (TPSA) is 81.4 Å². The van der Waals surface area contributed by atoms with Crippen LogP contribution in [0.4, 0.5) is 13.2 Å². The molecule has 10 heteroatoms. The first-order valence-corrected chi connectivity index (χ1v) is 12.0. The normalized spacial score (nSPS) is 12.0. The fourth-order valence-electron chi connectivity index (χ4n) is 4.38. The number of aromatic nitrogens is 6. The molecule has 7 nitrogen and oxygen atoms in total. The van der Waals surface area contributed by atoms with Gasteiger partial charge in [-0.05, 0) is 40.7 Å². The van der Waals surface area contributed by atoms with Crippen molar-refractivity contribution in [2.75, 3.05) is 0 Å². The number of alkyl halides is 3. The summed E-state index contributed by atoms with van der Waals surface area (Å²) in [5, 5.41) is 14.2. The van der Waals surface area contributed by atoms with E-state index in [9.17, 15) is 18.0 Å². The van der Waals surface area contributed by atoms with Crippen molar-refractivity contribution in [3.8, 4) is 22.5 Å². The molecule has 4 aromatic rings. The summed E-state index contributed by atoms with van der Waals surface area (Å²) >= 11 is 0. The molecule has 190 valence electrons. The average molecular weight is 499 g/mol. The van der Waals surface area contributed by atoms with Crippen molar-refractivity contribution in [3.05, 3.63) is 76.0 Å². The summed E-state index contributed by atoms with van der Waals surface area (Å²) in [7, 11) is 0. The quantitative estimate of drug-likeness (QED) is 0.328. The molecule has 2 heterocycles. The van der Waals surface area contributed by atoms with Crippen LogP contribution in [-0.4, -0.2) is 29.8 Å². The summed E-state index contributed by atoms with van der Waals surface area (Å²) in [6, 6.07) is 15.1. The van der Waals surface area contributed by atoms with Gasteiger partial charge < -0.3 is 0 Å². The summed E-state index contributed by atoms with van der Waals surface area (Å²) in [5.74, 6) is 0.645. The van der Waals surface area contributed by atoms with Gasteiger partial charge in [-0.25, -0.2) is 4.79 Å². The second-order valence-electron chi connectivity index (χ2n) is 9.22. The van der Waals surface area contributed by atoms with Crippen LogP contribution in [0.1, 0.15) is 50.6 Å². The smallest absolute Gasteiger partial charge is 0.291 e. The maximum atomic E-state index is 14.1. The Bertz CT molecular complexity index is 1350. The molecule has 0 spiro atoms. The van der Waals surface area contributed by atoms with Crippen LogP contribution < -0.4 is 5.69 Å². The van der Waals surface area contributed by atoms with E-state index in [0.29, 0.717) is 18.7 Å². The van der Waals surface area contributed by atoms with Crippen LogP contribution in [0.2, 0.25) is 0 Å². The van der Waals surface area contributed by atoms with E-state index in [1.54, 1.807) is 0 Å². The number of benzene rings is 2. The molecule has 0 radical (unpaired) electrons. The zero-order valence-electron chi connectivity index (χ0n) is 20.5. The second kappa shape index (κ2) is 10.5. The third-order valence-corrected chi connectivity index (χ3v) is 6.14. The SMILES string of the molecule is CCCc1c(C(F)(F)F)n(CCC(C)C)c(=O)n1Cc1ccc(-c2ccccc2-c2nn[nH]n2)cc1. The number of hydrogen-bond acceptors (Lipinski definition) is 4. The van der Waals surface area contributed by atoms with E-state index in [-0.39, 0.29) is 31.1 Å². The molecule has 0 amide bonds. The minimum atomic E-state index is -4.60. The predicted octanol–water partition coefficient (Wildman–Crippen LogP) is 5.56. The first kappa shape index (κ1) is 25.4. The molecule has 0 aliphatic heterocycles. The lowest BCUT2D eigenvalue weighted by atomic mass is 9.98. The number of tetrazole rings is 1. The molecule has 0 aliphatic carbocycles. The van der Waals surface area contributed by atoms with Crippen molar-refractivity contribution in [2.45, 2.75) is 59.3 Å². The number of hydrogen-bond donors (Lipinski definition) is 1. The summed E-state index contributed by atoms with van der Waals surface area (Å²) in [6.45, 7) is 5.79. The van der Waals surface area contributed by atoms with Crippen molar-refractivity contribution in [2.24, 2.45) is 5.92 Å². The van der Waals surface area contributed by atoms with Gasteiger partial charge in [0.25, 0.3) is 0 Å². The number of aromatic amines is 1. The molecule has 4 rings (SSSR count). The van der Waals surface area contributed by atoms with E-state index >= 15 is 0 Å². The Morgan fingerprint density at radius 2 is 1.69 bits per heavy atom. The molecule has 0 saturated carbocycles. The maximum Gasteiger partial charge on any atom is 0.433 e. The number of nitrogens with one attached hydrogen (secondary N) is 1. The van der Waals surface area contributed by atoms with Gasteiger partial charge in [-0.2, -0.15) is 18.4 Å². The maximum absolute atomic E-state index is 14.1. The van der Waals surface area contributed by atoms with Crippen LogP contribution in [-0.2, 0) is 25.7 Å². The Morgan fingerprint density at radius 1 is 1.00 bits per heavy atom. The first-order chi connectivity index (χ1) is 17.2. The van der Waals surface area contributed by atoms with Gasteiger partial charge in [-0.1, -0.05) is 75.7 Å². The van der Waals surface area contributed by atoms with Crippen molar-refractivity contribution in [1.82, 2.24) is 29.8 Å². The Hall–Kier alpha value is -3.69. The first-order valence-electron chi connectivity index (χ1n) is 12.0. The second-order valence-corrected chi connectivity index (χ2v) is 9.22. The standard InChI is InChI=1S/C26H29F3N6O/c1-4-7-22-23(26(27,28)29)34(15-14-17(2)3)25(36)35(22)16-18-10-12-19(13-11-18)20-8-5-6-9-21(20)24-30-32-33-31-24/h5-6,8-13,17H,4,7,14-16H2,1-3H3,(H,30,31,32,33). The minimum absolute atomic E-state index is 0.0425. The summed E-state index contributed by atoms with van der Waals surface area (Å²) in [6.07, 6.45) is -3.43. The molecule has 0 bridgehead atoms.